The van der Waals surface area contributed by atoms with Crippen molar-refractivity contribution in [1.82, 2.24) is 0 Å². The van der Waals surface area contributed by atoms with Gasteiger partial charge in [0.2, 0.25) is 0 Å². The van der Waals surface area contributed by atoms with Gasteiger partial charge in [-0.2, -0.15) is 8.42 Å². The zero-order valence-electron chi connectivity index (χ0n) is 21.4. The first-order chi connectivity index (χ1) is 16.1. The Morgan fingerprint density at radius 3 is 2.40 bits per heavy atom. The molecule has 4 fully saturated rings. The summed E-state index contributed by atoms with van der Waals surface area (Å²) in [6, 6.07) is 0. The zero-order valence-corrected chi connectivity index (χ0v) is 22.2. The summed E-state index contributed by atoms with van der Waals surface area (Å²) >= 11 is 0. The predicted octanol–water partition coefficient (Wildman–Crippen LogP) is 2.71. The lowest BCUT2D eigenvalue weighted by atomic mass is 9.42. The van der Waals surface area contributed by atoms with E-state index in [1.165, 1.54) is 0 Å². The molecular formula is C26H44O8S. The van der Waals surface area contributed by atoms with E-state index in [0.29, 0.717) is 25.7 Å². The van der Waals surface area contributed by atoms with Gasteiger partial charge < -0.3 is 20.4 Å². The van der Waals surface area contributed by atoms with Gasteiger partial charge in [0.1, 0.15) is 0 Å². The van der Waals surface area contributed by atoms with Crippen molar-refractivity contribution in [1.29, 1.82) is 0 Å². The first-order valence-corrected chi connectivity index (χ1v) is 14.6. The molecular weight excluding hydrogens is 472 g/mol. The second-order valence-corrected chi connectivity index (χ2v) is 13.8. The normalized spacial score (nSPS) is 49.8. The lowest BCUT2D eigenvalue weighted by Gasteiger charge is -2.65. The van der Waals surface area contributed by atoms with E-state index in [4.69, 9.17) is 4.55 Å². The Balaban J connectivity index is 1.53. The molecule has 9 heteroatoms. The van der Waals surface area contributed by atoms with Crippen LogP contribution in [0, 0.1) is 46.3 Å². The SMILES string of the molecule is CC(/C=C/[C@@H](C)[C@H]1C[C@H](O)[C@H]2[C@@H]3C[C@@H](O)[C@@]4(O)C[C@@H](O)CC[C@]4(C)[C@H]3CC[C@@]21C)COS(=O)(=O)O. The van der Waals surface area contributed by atoms with Crippen LogP contribution in [0.1, 0.15) is 72.6 Å². The highest BCUT2D eigenvalue weighted by Crippen LogP contribution is 2.69. The zero-order chi connectivity index (χ0) is 26.0. The van der Waals surface area contributed by atoms with Gasteiger partial charge in [0.05, 0.1) is 30.5 Å². The van der Waals surface area contributed by atoms with E-state index in [1.54, 1.807) is 0 Å². The maximum Gasteiger partial charge on any atom is 0.397 e. The molecule has 5 N–H and O–H groups in total. The van der Waals surface area contributed by atoms with Gasteiger partial charge >= 0.3 is 10.4 Å². The third-order valence-corrected chi connectivity index (χ3v) is 11.2. The van der Waals surface area contributed by atoms with Crippen molar-refractivity contribution in [3.8, 4) is 0 Å². The maximum atomic E-state index is 11.6. The first-order valence-electron chi connectivity index (χ1n) is 13.2. The maximum absolute atomic E-state index is 11.6. The molecule has 4 rings (SSSR count). The highest BCUT2D eigenvalue weighted by Gasteiger charge is 2.68. The molecule has 4 aliphatic carbocycles. The Kier molecular flexibility index (Phi) is 7.32. The summed E-state index contributed by atoms with van der Waals surface area (Å²) < 4.78 is 35.0. The van der Waals surface area contributed by atoms with Crippen LogP contribution in [0.25, 0.3) is 0 Å². The Hall–Kier alpha value is -0.550. The van der Waals surface area contributed by atoms with Gasteiger partial charge in [0, 0.05) is 11.8 Å². The Morgan fingerprint density at radius 2 is 1.74 bits per heavy atom. The molecule has 0 aromatic rings. The molecule has 0 aromatic carbocycles. The average Bonchev–Trinajstić information content (AvgIpc) is 3.03. The summed E-state index contributed by atoms with van der Waals surface area (Å²) in [5.41, 5.74) is -1.89. The van der Waals surface area contributed by atoms with E-state index in [2.05, 4.69) is 31.0 Å². The van der Waals surface area contributed by atoms with E-state index < -0.39 is 39.7 Å². The van der Waals surface area contributed by atoms with E-state index >= 15 is 0 Å². The third-order valence-electron chi connectivity index (χ3n) is 10.7. The number of allylic oxidation sites excluding steroid dienone is 1. The molecule has 0 heterocycles. The predicted molar refractivity (Wildman–Crippen MR) is 130 cm³/mol. The number of hydrogen-bond acceptors (Lipinski definition) is 7. The Bertz CT molecular complexity index is 922. The molecule has 1 unspecified atom stereocenters. The quantitative estimate of drug-likeness (QED) is 0.268. The molecule has 0 amide bonds. The molecule has 0 radical (unpaired) electrons. The van der Waals surface area contributed by atoms with Gasteiger partial charge in [-0.15, -0.1) is 0 Å². The number of fused-ring (bicyclic) bond motifs is 5. The molecule has 0 aliphatic heterocycles. The number of hydrogen-bond donors (Lipinski definition) is 5. The lowest BCUT2D eigenvalue weighted by Crippen LogP contribution is -2.69. The fraction of sp³-hybridized carbons (Fsp3) is 0.923. The third kappa shape index (κ3) is 4.64. The molecule has 0 aromatic heterocycles. The van der Waals surface area contributed by atoms with Crippen molar-refractivity contribution >= 4 is 10.4 Å². The summed E-state index contributed by atoms with van der Waals surface area (Å²) in [4.78, 5) is 0. The van der Waals surface area contributed by atoms with Crippen LogP contribution in [0.4, 0.5) is 0 Å². The van der Waals surface area contributed by atoms with Crippen LogP contribution >= 0.6 is 0 Å². The number of aliphatic hydroxyl groups excluding tert-OH is 3. The van der Waals surface area contributed by atoms with Gasteiger partial charge in [-0.3, -0.25) is 4.55 Å². The van der Waals surface area contributed by atoms with Gasteiger partial charge in [-0.05, 0) is 79.4 Å². The summed E-state index contributed by atoms with van der Waals surface area (Å²) in [5.74, 6) is 0.521. The number of aliphatic hydroxyl groups is 4. The van der Waals surface area contributed by atoms with Crippen molar-refractivity contribution in [2.45, 2.75) is 96.6 Å². The molecule has 202 valence electrons. The fourth-order valence-electron chi connectivity index (χ4n) is 8.94. The van der Waals surface area contributed by atoms with Gasteiger partial charge in [0.25, 0.3) is 0 Å². The molecule has 0 spiro atoms. The fourth-order valence-corrected chi connectivity index (χ4v) is 9.32. The van der Waals surface area contributed by atoms with Crippen LogP contribution in [0.3, 0.4) is 0 Å². The topological polar surface area (TPSA) is 145 Å². The van der Waals surface area contributed by atoms with Crippen LogP contribution in [-0.4, -0.2) is 63.9 Å². The Morgan fingerprint density at radius 1 is 1.06 bits per heavy atom. The minimum absolute atomic E-state index is 0.0327. The van der Waals surface area contributed by atoms with Crippen LogP contribution in [0.2, 0.25) is 0 Å². The molecule has 12 atom stereocenters. The molecule has 4 saturated carbocycles. The van der Waals surface area contributed by atoms with Gasteiger partial charge in [-0.1, -0.05) is 39.8 Å². The van der Waals surface area contributed by atoms with Gasteiger partial charge in [-0.25, -0.2) is 4.18 Å². The summed E-state index contributed by atoms with van der Waals surface area (Å²) in [5, 5.41) is 44.4. The largest absolute Gasteiger partial charge is 0.397 e. The molecule has 35 heavy (non-hydrogen) atoms. The highest BCUT2D eigenvalue weighted by atomic mass is 32.3. The van der Waals surface area contributed by atoms with E-state index in [0.717, 1.165) is 12.8 Å². The van der Waals surface area contributed by atoms with Crippen molar-refractivity contribution in [3.63, 3.8) is 0 Å². The minimum Gasteiger partial charge on any atom is -0.393 e. The van der Waals surface area contributed by atoms with Crippen LogP contribution in [0.5, 0.6) is 0 Å². The lowest BCUT2D eigenvalue weighted by molar-refractivity contribution is -0.268. The van der Waals surface area contributed by atoms with Crippen LogP contribution < -0.4 is 0 Å². The minimum atomic E-state index is -4.46. The smallest absolute Gasteiger partial charge is 0.393 e. The molecule has 0 saturated heterocycles. The number of rotatable bonds is 6. The summed E-state index contributed by atoms with van der Waals surface area (Å²) in [7, 11) is -4.46. The van der Waals surface area contributed by atoms with Crippen LogP contribution in [-0.2, 0) is 14.6 Å². The van der Waals surface area contributed by atoms with Crippen molar-refractivity contribution < 1.29 is 37.6 Å². The molecule has 4 aliphatic rings. The van der Waals surface area contributed by atoms with Crippen molar-refractivity contribution in [3.05, 3.63) is 12.2 Å². The monoisotopic (exact) mass is 516 g/mol. The summed E-state index contributed by atoms with van der Waals surface area (Å²) in [6.07, 6.45) is 6.47. The van der Waals surface area contributed by atoms with Crippen molar-refractivity contribution in [2.24, 2.45) is 46.3 Å². The Labute approximate surface area is 209 Å². The second-order valence-electron chi connectivity index (χ2n) is 12.7. The van der Waals surface area contributed by atoms with E-state index in [9.17, 15) is 28.8 Å². The summed E-state index contributed by atoms with van der Waals surface area (Å²) in [6.45, 7) is 8.17. The molecule has 8 nitrogen and oxygen atoms in total. The molecule has 0 bridgehead atoms. The van der Waals surface area contributed by atoms with E-state index in [-0.39, 0.29) is 54.0 Å². The average molecular weight is 517 g/mol. The first kappa shape index (κ1) is 27.5. The second kappa shape index (κ2) is 9.33. The highest BCUT2D eigenvalue weighted by molar-refractivity contribution is 7.80. The van der Waals surface area contributed by atoms with Crippen LogP contribution in [0.15, 0.2) is 12.2 Å². The standard InChI is InChI=1S/C26H44O8S/c1-15(14-34-35(31,32)33)5-6-16(2)20-12-21(28)23-18-11-22(29)26(30)13-17(27)7-10-25(26,4)19(18)8-9-24(20,23)3/h5-6,15-23,27-30H,7-14H2,1-4H3,(H,31,32,33)/b6-5+/t15?,16-,17+,18-,19+,20-,21+,22-,23-,24-,25-,26+/m1/s1. The van der Waals surface area contributed by atoms with Crippen molar-refractivity contribution in [2.75, 3.05) is 6.61 Å². The van der Waals surface area contributed by atoms with Gasteiger partial charge in [0.15, 0.2) is 0 Å². The van der Waals surface area contributed by atoms with E-state index in [1.807, 2.05) is 13.0 Å².